The number of rotatable bonds is 5. The fourth-order valence-electron chi connectivity index (χ4n) is 3.41. The number of aryl methyl sites for hydroxylation is 1. The molecular weight excluding hydrogens is 360 g/mol. The lowest BCUT2D eigenvalue weighted by molar-refractivity contribution is -0.142. The molecule has 3 rings (SSSR count). The smallest absolute Gasteiger partial charge is 0.328 e. The van der Waals surface area contributed by atoms with Gasteiger partial charge in [-0.05, 0) is 25.0 Å². The van der Waals surface area contributed by atoms with E-state index in [1.165, 1.54) is 7.11 Å². The molecule has 28 heavy (non-hydrogen) atoms. The van der Waals surface area contributed by atoms with E-state index in [0.717, 1.165) is 16.5 Å². The minimum absolute atomic E-state index is 0.0910. The van der Waals surface area contributed by atoms with Crippen molar-refractivity contribution in [1.82, 2.24) is 20.1 Å². The number of amides is 3. The monoisotopic (exact) mass is 386 g/mol. The van der Waals surface area contributed by atoms with Crippen LogP contribution in [0.3, 0.4) is 0 Å². The predicted octanol–water partition coefficient (Wildman–Crippen LogP) is 1.52. The number of esters is 1. The Morgan fingerprint density at radius 1 is 1.14 bits per heavy atom. The van der Waals surface area contributed by atoms with E-state index in [1.54, 1.807) is 16.7 Å². The van der Waals surface area contributed by atoms with Crippen molar-refractivity contribution in [3.8, 4) is 0 Å². The molecule has 1 aromatic carbocycles. The second-order valence-electron chi connectivity index (χ2n) is 6.92. The number of ether oxygens (including phenoxy) is 1. The Morgan fingerprint density at radius 3 is 2.54 bits per heavy atom. The number of para-hydroxylation sites is 1. The quantitative estimate of drug-likeness (QED) is 0.762. The lowest BCUT2D eigenvalue weighted by Crippen LogP contribution is -2.55. The number of carbonyl (C=O) groups is 3. The molecule has 1 aliphatic heterocycles. The summed E-state index contributed by atoms with van der Waals surface area (Å²) >= 11 is 0. The highest BCUT2D eigenvalue weighted by Crippen LogP contribution is 2.19. The summed E-state index contributed by atoms with van der Waals surface area (Å²) in [6, 6.07) is 7.03. The molecule has 8 heteroatoms. The van der Waals surface area contributed by atoms with Crippen molar-refractivity contribution in [3.63, 3.8) is 0 Å². The standard InChI is InChI=1S/C20H26N4O4/c1-14(19(26)28-2)22-20(27)24-11-9-23(10-12-24)18(25)8-7-15-13-21-17-6-4-3-5-16(15)17/h3-6,13-14,21H,7-12H2,1-2H3,(H,22,27)/t14-/m1/s1. The van der Waals surface area contributed by atoms with E-state index in [1.807, 2.05) is 24.4 Å². The SMILES string of the molecule is COC(=O)[C@@H](C)NC(=O)N1CCN(C(=O)CCc2c[nH]c3ccccc23)CC1. The number of fused-ring (bicyclic) bond motifs is 1. The highest BCUT2D eigenvalue weighted by atomic mass is 16.5. The first-order chi connectivity index (χ1) is 13.5. The normalized spacial score (nSPS) is 15.4. The summed E-state index contributed by atoms with van der Waals surface area (Å²) in [5.74, 6) is -0.396. The lowest BCUT2D eigenvalue weighted by Gasteiger charge is -2.35. The third-order valence-corrected chi connectivity index (χ3v) is 5.10. The van der Waals surface area contributed by atoms with Gasteiger partial charge in [0.25, 0.3) is 0 Å². The van der Waals surface area contributed by atoms with Crippen molar-refractivity contribution in [2.24, 2.45) is 0 Å². The van der Waals surface area contributed by atoms with Crippen LogP contribution in [0.15, 0.2) is 30.5 Å². The van der Waals surface area contributed by atoms with Crippen LogP contribution in [0.5, 0.6) is 0 Å². The van der Waals surface area contributed by atoms with E-state index in [0.29, 0.717) is 39.0 Å². The van der Waals surface area contributed by atoms with Gasteiger partial charge in [-0.15, -0.1) is 0 Å². The number of aromatic amines is 1. The van der Waals surface area contributed by atoms with Crippen molar-refractivity contribution in [2.75, 3.05) is 33.3 Å². The summed E-state index contributed by atoms with van der Waals surface area (Å²) in [6.45, 7) is 3.45. The van der Waals surface area contributed by atoms with E-state index >= 15 is 0 Å². The van der Waals surface area contributed by atoms with Crippen LogP contribution >= 0.6 is 0 Å². The third kappa shape index (κ3) is 4.44. The topological polar surface area (TPSA) is 94.7 Å². The van der Waals surface area contributed by atoms with Crippen molar-refractivity contribution in [2.45, 2.75) is 25.8 Å². The summed E-state index contributed by atoms with van der Waals surface area (Å²) in [5, 5.41) is 3.76. The zero-order valence-corrected chi connectivity index (χ0v) is 16.2. The number of methoxy groups -OCH3 is 1. The minimum atomic E-state index is -0.701. The first-order valence-electron chi connectivity index (χ1n) is 9.45. The zero-order chi connectivity index (χ0) is 20.1. The number of hydrogen-bond donors (Lipinski definition) is 2. The number of urea groups is 1. The molecule has 0 unspecified atom stereocenters. The van der Waals surface area contributed by atoms with Crippen LogP contribution < -0.4 is 5.32 Å². The van der Waals surface area contributed by atoms with Crippen molar-refractivity contribution in [1.29, 1.82) is 0 Å². The van der Waals surface area contributed by atoms with Gasteiger partial charge in [0.05, 0.1) is 7.11 Å². The molecule has 3 amide bonds. The van der Waals surface area contributed by atoms with Crippen LogP contribution in [-0.4, -0.2) is 72.0 Å². The number of hydrogen-bond acceptors (Lipinski definition) is 4. The molecule has 2 aromatic rings. The second kappa shape index (κ2) is 8.77. The maximum Gasteiger partial charge on any atom is 0.328 e. The third-order valence-electron chi connectivity index (χ3n) is 5.10. The Hall–Kier alpha value is -3.03. The van der Waals surface area contributed by atoms with E-state index in [9.17, 15) is 14.4 Å². The van der Waals surface area contributed by atoms with Crippen LogP contribution in [0.2, 0.25) is 0 Å². The van der Waals surface area contributed by atoms with Crippen molar-refractivity contribution >= 4 is 28.8 Å². The van der Waals surface area contributed by atoms with Gasteiger partial charge in [-0.1, -0.05) is 18.2 Å². The van der Waals surface area contributed by atoms with Crippen molar-refractivity contribution < 1.29 is 19.1 Å². The lowest BCUT2D eigenvalue weighted by atomic mass is 10.1. The number of benzene rings is 1. The van der Waals surface area contributed by atoms with Gasteiger partial charge in [0.2, 0.25) is 5.91 Å². The summed E-state index contributed by atoms with van der Waals surface area (Å²) < 4.78 is 4.61. The maximum atomic E-state index is 12.5. The van der Waals surface area contributed by atoms with Crippen molar-refractivity contribution in [3.05, 3.63) is 36.0 Å². The molecule has 0 aliphatic carbocycles. The van der Waals surface area contributed by atoms with Crippen LogP contribution in [0.4, 0.5) is 4.79 Å². The molecule has 8 nitrogen and oxygen atoms in total. The summed E-state index contributed by atoms with van der Waals surface area (Å²) in [7, 11) is 1.28. The molecule has 1 aliphatic rings. The second-order valence-corrected chi connectivity index (χ2v) is 6.92. The number of nitrogens with one attached hydrogen (secondary N) is 2. The van der Waals surface area contributed by atoms with E-state index in [2.05, 4.69) is 21.1 Å². The average Bonchev–Trinajstić information content (AvgIpc) is 3.14. The average molecular weight is 386 g/mol. The predicted molar refractivity (Wildman–Crippen MR) is 105 cm³/mol. The highest BCUT2D eigenvalue weighted by Gasteiger charge is 2.26. The number of nitrogens with zero attached hydrogens (tertiary/aromatic N) is 2. The first-order valence-corrected chi connectivity index (χ1v) is 9.45. The summed E-state index contributed by atoms with van der Waals surface area (Å²) in [4.78, 5) is 42.8. The van der Waals surface area contributed by atoms with Crippen LogP contribution in [0.25, 0.3) is 10.9 Å². The van der Waals surface area contributed by atoms with E-state index in [-0.39, 0.29) is 11.9 Å². The molecule has 0 bridgehead atoms. The molecule has 0 radical (unpaired) electrons. The fraction of sp³-hybridized carbons (Fsp3) is 0.450. The molecule has 150 valence electrons. The zero-order valence-electron chi connectivity index (χ0n) is 16.2. The van der Waals surface area contributed by atoms with Gasteiger partial charge in [-0.2, -0.15) is 0 Å². The van der Waals surface area contributed by atoms with Gasteiger partial charge in [-0.25, -0.2) is 9.59 Å². The summed E-state index contributed by atoms with van der Waals surface area (Å²) in [5.41, 5.74) is 2.21. The van der Waals surface area contributed by atoms with Gasteiger partial charge < -0.3 is 24.8 Å². The van der Waals surface area contributed by atoms with Gasteiger partial charge >= 0.3 is 12.0 Å². The number of carbonyl (C=O) groups excluding carboxylic acids is 3. The van der Waals surface area contributed by atoms with E-state index < -0.39 is 12.0 Å². The molecule has 1 saturated heterocycles. The number of H-pyrrole nitrogens is 1. The van der Waals surface area contributed by atoms with Crippen LogP contribution in [-0.2, 0) is 20.7 Å². The number of piperazine rings is 1. The molecule has 0 saturated carbocycles. The Kier molecular flexibility index (Phi) is 6.18. The molecule has 1 atom stereocenters. The molecule has 2 N–H and O–H groups in total. The Morgan fingerprint density at radius 2 is 1.82 bits per heavy atom. The Labute approximate surface area is 163 Å². The molecular formula is C20H26N4O4. The number of aromatic nitrogens is 1. The molecule has 1 fully saturated rings. The minimum Gasteiger partial charge on any atom is -0.467 e. The molecule has 1 aromatic heterocycles. The molecule has 0 spiro atoms. The van der Waals surface area contributed by atoms with Gasteiger partial charge in [0.15, 0.2) is 0 Å². The Balaban J connectivity index is 1.46. The fourth-order valence-corrected chi connectivity index (χ4v) is 3.41. The van der Waals surface area contributed by atoms with Gasteiger partial charge in [0, 0.05) is 49.7 Å². The highest BCUT2D eigenvalue weighted by molar-refractivity contribution is 5.85. The van der Waals surface area contributed by atoms with Crippen LogP contribution in [0.1, 0.15) is 18.9 Å². The van der Waals surface area contributed by atoms with Gasteiger partial charge in [-0.3, -0.25) is 4.79 Å². The van der Waals surface area contributed by atoms with Crippen LogP contribution in [0, 0.1) is 0 Å². The van der Waals surface area contributed by atoms with Gasteiger partial charge in [0.1, 0.15) is 6.04 Å². The summed E-state index contributed by atoms with van der Waals surface area (Å²) in [6.07, 6.45) is 3.08. The molecule has 2 heterocycles. The Bertz CT molecular complexity index is 855. The maximum absolute atomic E-state index is 12.5. The largest absolute Gasteiger partial charge is 0.467 e. The first kappa shape index (κ1) is 19.7. The van der Waals surface area contributed by atoms with E-state index in [4.69, 9.17) is 0 Å².